The summed E-state index contributed by atoms with van der Waals surface area (Å²) in [5.74, 6) is -1.95. The molecule has 0 heterocycles. The van der Waals surface area contributed by atoms with Crippen molar-refractivity contribution in [2.45, 2.75) is 50.6 Å². The summed E-state index contributed by atoms with van der Waals surface area (Å²) in [6.45, 7) is 1.45. The number of ether oxygens (including phenoxy) is 1. The quantitative estimate of drug-likeness (QED) is 0.414. The fraction of sp³-hybridized carbons (Fsp3) is 0.400. The third kappa shape index (κ3) is 6.10. The minimum atomic E-state index is -1.38. The molecule has 0 radical (unpaired) electrons. The summed E-state index contributed by atoms with van der Waals surface area (Å²) in [6, 6.07) is 14.2. The van der Waals surface area contributed by atoms with Crippen LogP contribution in [0.3, 0.4) is 0 Å². The molecule has 0 bridgehead atoms. The number of rotatable bonds is 11. The number of amides is 2. The molecule has 2 atom stereocenters. The number of unbranched alkanes of at least 4 members (excludes halogenated alkanes) is 1. The zero-order valence-corrected chi connectivity index (χ0v) is 18.6. The molecule has 2 aromatic rings. The van der Waals surface area contributed by atoms with Crippen LogP contribution in [-0.2, 0) is 14.3 Å². The molecule has 0 aliphatic heterocycles. The van der Waals surface area contributed by atoms with Crippen LogP contribution in [0.2, 0.25) is 0 Å². The number of carboxylic acids is 1. The van der Waals surface area contributed by atoms with E-state index in [4.69, 9.17) is 14.9 Å². The van der Waals surface area contributed by atoms with Crippen molar-refractivity contribution in [1.82, 2.24) is 10.6 Å². The number of carboxylic acid groups (broad SMARTS) is 1. The average molecular weight is 455 g/mol. The van der Waals surface area contributed by atoms with E-state index in [1.165, 1.54) is 0 Å². The van der Waals surface area contributed by atoms with Crippen LogP contribution in [0.15, 0.2) is 48.5 Å². The predicted octanol–water partition coefficient (Wildman–Crippen LogP) is 3.04. The van der Waals surface area contributed by atoms with Gasteiger partial charge in [-0.15, -0.1) is 0 Å². The van der Waals surface area contributed by atoms with E-state index in [0.717, 1.165) is 35.1 Å². The lowest BCUT2D eigenvalue weighted by Crippen LogP contribution is -2.46. The van der Waals surface area contributed by atoms with Gasteiger partial charge in [-0.05, 0) is 28.7 Å². The van der Waals surface area contributed by atoms with Gasteiger partial charge in [0.15, 0.2) is 0 Å². The summed E-state index contributed by atoms with van der Waals surface area (Å²) < 4.78 is 5.56. The maximum atomic E-state index is 12.6. The molecule has 8 heteroatoms. The van der Waals surface area contributed by atoms with Crippen LogP contribution in [0.25, 0.3) is 11.1 Å². The van der Waals surface area contributed by atoms with Crippen LogP contribution < -0.4 is 10.6 Å². The second kappa shape index (κ2) is 11.5. The van der Waals surface area contributed by atoms with Crippen molar-refractivity contribution in [3.63, 3.8) is 0 Å². The molecule has 0 unspecified atom stereocenters. The van der Waals surface area contributed by atoms with Crippen molar-refractivity contribution in [3.8, 4) is 11.1 Å². The van der Waals surface area contributed by atoms with Gasteiger partial charge in [0.1, 0.15) is 12.6 Å². The maximum absolute atomic E-state index is 12.6. The standard InChI is InChI=1S/C25H30N2O6/c1-2-3-8-16(13-23(29)27-22(14-28)24(30)31)26-25(32)33-15-21-19-11-6-4-9-17(19)18-10-5-7-12-20(18)21/h4-7,9-12,16,21-22,28H,2-3,8,13-15H2,1H3,(H,26,32)(H,27,29)(H,30,31)/t16-,22-/m0/s1. The highest BCUT2D eigenvalue weighted by Gasteiger charge is 2.29. The van der Waals surface area contributed by atoms with Gasteiger partial charge in [0.25, 0.3) is 0 Å². The Hall–Kier alpha value is -3.39. The zero-order valence-electron chi connectivity index (χ0n) is 18.6. The Labute approximate surface area is 193 Å². The van der Waals surface area contributed by atoms with E-state index in [-0.39, 0.29) is 18.9 Å². The van der Waals surface area contributed by atoms with E-state index in [0.29, 0.717) is 6.42 Å². The third-order valence-electron chi connectivity index (χ3n) is 5.82. The highest BCUT2D eigenvalue weighted by Crippen LogP contribution is 2.44. The van der Waals surface area contributed by atoms with E-state index in [2.05, 4.69) is 22.8 Å². The highest BCUT2D eigenvalue weighted by atomic mass is 16.5. The molecule has 2 aromatic carbocycles. The summed E-state index contributed by atoms with van der Waals surface area (Å²) >= 11 is 0. The molecular weight excluding hydrogens is 424 g/mol. The van der Waals surface area contributed by atoms with Crippen molar-refractivity contribution in [1.29, 1.82) is 0 Å². The lowest BCUT2D eigenvalue weighted by Gasteiger charge is -2.20. The Balaban J connectivity index is 1.60. The van der Waals surface area contributed by atoms with Crippen LogP contribution >= 0.6 is 0 Å². The van der Waals surface area contributed by atoms with Crippen LogP contribution in [0.1, 0.15) is 49.7 Å². The van der Waals surface area contributed by atoms with Crippen molar-refractivity contribution in [3.05, 3.63) is 59.7 Å². The first kappa shape index (κ1) is 24.3. The van der Waals surface area contributed by atoms with Crippen molar-refractivity contribution < 1.29 is 29.3 Å². The van der Waals surface area contributed by atoms with Crippen molar-refractivity contribution >= 4 is 18.0 Å². The van der Waals surface area contributed by atoms with Gasteiger partial charge in [0, 0.05) is 18.4 Å². The molecule has 1 aliphatic rings. The molecule has 0 aromatic heterocycles. The highest BCUT2D eigenvalue weighted by molar-refractivity contribution is 5.84. The molecule has 176 valence electrons. The predicted molar refractivity (Wildman–Crippen MR) is 123 cm³/mol. The molecule has 0 saturated heterocycles. The number of hydrogen-bond donors (Lipinski definition) is 4. The molecular formula is C25H30N2O6. The number of carbonyl (C=O) groups is 3. The summed E-state index contributed by atoms with van der Waals surface area (Å²) in [7, 11) is 0. The minimum Gasteiger partial charge on any atom is -0.480 e. The minimum absolute atomic E-state index is 0.0681. The molecule has 33 heavy (non-hydrogen) atoms. The number of carbonyl (C=O) groups excluding carboxylic acids is 2. The number of hydrogen-bond acceptors (Lipinski definition) is 5. The van der Waals surface area contributed by atoms with Gasteiger partial charge < -0.3 is 25.6 Å². The first-order valence-corrected chi connectivity index (χ1v) is 11.2. The van der Waals surface area contributed by atoms with Gasteiger partial charge in [-0.3, -0.25) is 4.79 Å². The van der Waals surface area contributed by atoms with E-state index in [1.807, 2.05) is 43.3 Å². The molecule has 8 nitrogen and oxygen atoms in total. The molecule has 3 rings (SSSR count). The van der Waals surface area contributed by atoms with Gasteiger partial charge >= 0.3 is 12.1 Å². The van der Waals surface area contributed by atoms with Gasteiger partial charge in [-0.1, -0.05) is 68.3 Å². The monoisotopic (exact) mass is 454 g/mol. The Morgan fingerprint density at radius 1 is 1.00 bits per heavy atom. The van der Waals surface area contributed by atoms with E-state index in [9.17, 15) is 14.4 Å². The Kier molecular flexibility index (Phi) is 8.43. The number of alkyl carbamates (subject to hydrolysis) is 1. The second-order valence-electron chi connectivity index (χ2n) is 8.15. The Morgan fingerprint density at radius 2 is 1.61 bits per heavy atom. The number of aliphatic hydroxyl groups excluding tert-OH is 1. The molecule has 2 amide bonds. The molecule has 0 saturated carbocycles. The fourth-order valence-electron chi connectivity index (χ4n) is 4.15. The topological polar surface area (TPSA) is 125 Å². The van der Waals surface area contributed by atoms with E-state index in [1.54, 1.807) is 0 Å². The first-order valence-electron chi connectivity index (χ1n) is 11.2. The number of aliphatic hydroxyl groups is 1. The first-order chi connectivity index (χ1) is 15.9. The lowest BCUT2D eigenvalue weighted by atomic mass is 9.98. The van der Waals surface area contributed by atoms with Crippen LogP contribution in [0, 0.1) is 0 Å². The molecule has 1 aliphatic carbocycles. The lowest BCUT2D eigenvalue weighted by molar-refractivity contribution is -0.143. The Bertz CT molecular complexity index is 947. The SMILES string of the molecule is CCCC[C@@H](CC(=O)N[C@@H](CO)C(=O)O)NC(=O)OCC1c2ccccc2-c2ccccc21. The molecule has 0 spiro atoms. The summed E-state index contributed by atoms with van der Waals surface area (Å²) in [5, 5.41) is 23.1. The van der Waals surface area contributed by atoms with Crippen molar-refractivity contribution in [2.75, 3.05) is 13.2 Å². The van der Waals surface area contributed by atoms with E-state index < -0.39 is 36.7 Å². The molecule has 4 N–H and O–H groups in total. The third-order valence-corrected chi connectivity index (χ3v) is 5.82. The molecule has 0 fully saturated rings. The smallest absolute Gasteiger partial charge is 0.407 e. The van der Waals surface area contributed by atoms with Crippen LogP contribution in [-0.4, -0.2) is 53.5 Å². The van der Waals surface area contributed by atoms with Crippen LogP contribution in [0.5, 0.6) is 0 Å². The van der Waals surface area contributed by atoms with Gasteiger partial charge in [0.05, 0.1) is 6.61 Å². The number of nitrogens with one attached hydrogen (secondary N) is 2. The zero-order chi connectivity index (χ0) is 23.8. The van der Waals surface area contributed by atoms with Crippen molar-refractivity contribution in [2.24, 2.45) is 0 Å². The maximum Gasteiger partial charge on any atom is 0.407 e. The van der Waals surface area contributed by atoms with Gasteiger partial charge in [-0.2, -0.15) is 0 Å². The average Bonchev–Trinajstić information content (AvgIpc) is 3.13. The normalized spacial score (nSPS) is 14.0. The number of aliphatic carboxylic acids is 1. The summed E-state index contributed by atoms with van der Waals surface area (Å²) in [5.41, 5.74) is 4.49. The van der Waals surface area contributed by atoms with E-state index >= 15 is 0 Å². The van der Waals surface area contributed by atoms with Crippen LogP contribution in [0.4, 0.5) is 4.79 Å². The summed E-state index contributed by atoms with van der Waals surface area (Å²) in [4.78, 5) is 35.8. The Morgan fingerprint density at radius 3 is 2.15 bits per heavy atom. The fourth-order valence-corrected chi connectivity index (χ4v) is 4.15. The number of benzene rings is 2. The summed E-state index contributed by atoms with van der Waals surface area (Å²) in [6.07, 6.45) is 1.48. The largest absolute Gasteiger partial charge is 0.480 e. The number of fused-ring (bicyclic) bond motifs is 3. The van der Waals surface area contributed by atoms with Gasteiger partial charge in [0.2, 0.25) is 5.91 Å². The second-order valence-corrected chi connectivity index (χ2v) is 8.15. The van der Waals surface area contributed by atoms with Gasteiger partial charge in [-0.25, -0.2) is 9.59 Å².